The Bertz CT molecular complexity index is 88.9. The molecule has 0 aliphatic heterocycles. The minimum absolute atomic E-state index is 0.344. The van der Waals surface area contributed by atoms with Crippen molar-refractivity contribution in [2.45, 2.75) is 39.0 Å². The third-order valence-corrected chi connectivity index (χ3v) is 1.97. The van der Waals surface area contributed by atoms with Crippen molar-refractivity contribution in [1.82, 2.24) is 0 Å². The van der Waals surface area contributed by atoms with Crippen molar-refractivity contribution in [2.75, 3.05) is 6.61 Å². The Morgan fingerprint density at radius 1 is 1.27 bits per heavy atom. The second-order valence-corrected chi connectivity index (χ2v) is 3.14. The predicted octanol–water partition coefficient (Wildman–Crippen LogP) is 2.75. The van der Waals surface area contributed by atoms with Crippen LogP contribution in [-0.2, 0) is 0 Å². The lowest BCUT2D eigenvalue weighted by atomic mass is 10.0. The first-order valence-corrected chi connectivity index (χ1v) is 4.54. The molecule has 0 aliphatic rings. The minimum Gasteiger partial charge on any atom is -0.396 e. The molecular formula is C10H20O. The van der Waals surface area contributed by atoms with Gasteiger partial charge in [-0.3, -0.25) is 0 Å². The quantitative estimate of drug-likeness (QED) is 0.444. The molecule has 0 aliphatic carbocycles. The van der Waals surface area contributed by atoms with Crippen LogP contribution in [0.3, 0.4) is 0 Å². The van der Waals surface area contributed by atoms with E-state index >= 15 is 0 Å². The van der Waals surface area contributed by atoms with Gasteiger partial charge in [0, 0.05) is 6.61 Å². The molecule has 1 nitrogen and oxygen atoms in total. The maximum atomic E-state index is 8.50. The van der Waals surface area contributed by atoms with Crippen molar-refractivity contribution in [3.05, 3.63) is 12.7 Å². The van der Waals surface area contributed by atoms with Gasteiger partial charge in [0.2, 0.25) is 0 Å². The molecule has 1 unspecified atom stereocenters. The smallest absolute Gasteiger partial charge is 0.0431 e. The van der Waals surface area contributed by atoms with Crippen LogP contribution in [-0.4, -0.2) is 11.7 Å². The topological polar surface area (TPSA) is 20.2 Å². The molecule has 0 rings (SSSR count). The average molecular weight is 156 g/mol. The van der Waals surface area contributed by atoms with Gasteiger partial charge >= 0.3 is 0 Å². The van der Waals surface area contributed by atoms with Crippen LogP contribution in [0.4, 0.5) is 0 Å². The van der Waals surface area contributed by atoms with E-state index in [0.717, 1.165) is 6.42 Å². The van der Waals surface area contributed by atoms with Crippen molar-refractivity contribution in [1.29, 1.82) is 0 Å². The fourth-order valence-corrected chi connectivity index (χ4v) is 1.05. The standard InChI is InChI=1S/C10H20O/c1-3-10(2)8-6-4-5-7-9-11/h3,10-11H,1,4-9H2,2H3. The maximum Gasteiger partial charge on any atom is 0.0431 e. The summed E-state index contributed by atoms with van der Waals surface area (Å²) in [5.41, 5.74) is 0. The van der Waals surface area contributed by atoms with E-state index in [9.17, 15) is 0 Å². The number of aliphatic hydroxyl groups excluding tert-OH is 1. The van der Waals surface area contributed by atoms with Gasteiger partial charge in [0.1, 0.15) is 0 Å². The molecule has 66 valence electrons. The van der Waals surface area contributed by atoms with Crippen molar-refractivity contribution < 1.29 is 5.11 Å². The molecule has 0 saturated carbocycles. The fourth-order valence-electron chi connectivity index (χ4n) is 1.05. The van der Waals surface area contributed by atoms with Crippen LogP contribution >= 0.6 is 0 Å². The summed E-state index contributed by atoms with van der Waals surface area (Å²) in [6.07, 6.45) is 7.90. The van der Waals surface area contributed by atoms with Gasteiger partial charge in [0.25, 0.3) is 0 Å². The zero-order valence-corrected chi connectivity index (χ0v) is 7.55. The average Bonchev–Trinajstić information content (AvgIpc) is 2.04. The summed E-state index contributed by atoms with van der Waals surface area (Å²) in [4.78, 5) is 0. The van der Waals surface area contributed by atoms with Gasteiger partial charge in [-0.1, -0.05) is 32.3 Å². The van der Waals surface area contributed by atoms with Gasteiger partial charge in [-0.15, -0.1) is 6.58 Å². The minimum atomic E-state index is 0.344. The van der Waals surface area contributed by atoms with Crippen LogP contribution in [0.1, 0.15) is 39.0 Å². The molecule has 0 aromatic heterocycles. The highest BCUT2D eigenvalue weighted by molar-refractivity contribution is 4.74. The lowest BCUT2D eigenvalue weighted by Crippen LogP contribution is -1.89. The monoisotopic (exact) mass is 156 g/mol. The molecular weight excluding hydrogens is 136 g/mol. The zero-order chi connectivity index (χ0) is 8.53. The van der Waals surface area contributed by atoms with Gasteiger partial charge < -0.3 is 5.11 Å². The van der Waals surface area contributed by atoms with Crippen molar-refractivity contribution in [3.63, 3.8) is 0 Å². The Kier molecular flexibility index (Phi) is 7.59. The number of allylic oxidation sites excluding steroid dienone is 1. The molecule has 0 fully saturated rings. The lowest BCUT2D eigenvalue weighted by Gasteiger charge is -2.03. The maximum absolute atomic E-state index is 8.50. The molecule has 0 bridgehead atoms. The van der Waals surface area contributed by atoms with Gasteiger partial charge in [-0.2, -0.15) is 0 Å². The number of hydrogen-bond donors (Lipinski definition) is 1. The van der Waals surface area contributed by atoms with Gasteiger partial charge in [0.05, 0.1) is 0 Å². The summed E-state index contributed by atoms with van der Waals surface area (Å²) in [7, 11) is 0. The van der Waals surface area contributed by atoms with Crippen LogP contribution in [0, 0.1) is 5.92 Å². The highest BCUT2D eigenvalue weighted by atomic mass is 16.2. The van der Waals surface area contributed by atoms with Crippen molar-refractivity contribution >= 4 is 0 Å². The van der Waals surface area contributed by atoms with E-state index in [1.807, 2.05) is 6.08 Å². The summed E-state index contributed by atoms with van der Waals surface area (Å²) in [5.74, 6) is 0.657. The van der Waals surface area contributed by atoms with E-state index < -0.39 is 0 Å². The van der Waals surface area contributed by atoms with E-state index in [1.54, 1.807) is 0 Å². The summed E-state index contributed by atoms with van der Waals surface area (Å²) in [6.45, 7) is 6.27. The van der Waals surface area contributed by atoms with E-state index in [-0.39, 0.29) is 0 Å². The van der Waals surface area contributed by atoms with E-state index in [2.05, 4.69) is 13.5 Å². The van der Waals surface area contributed by atoms with Crippen LogP contribution < -0.4 is 0 Å². The van der Waals surface area contributed by atoms with Crippen LogP contribution in [0.25, 0.3) is 0 Å². The second-order valence-electron chi connectivity index (χ2n) is 3.14. The summed E-state index contributed by atoms with van der Waals surface area (Å²) < 4.78 is 0. The summed E-state index contributed by atoms with van der Waals surface area (Å²) in [5, 5.41) is 8.50. The molecule has 1 atom stereocenters. The largest absolute Gasteiger partial charge is 0.396 e. The highest BCUT2D eigenvalue weighted by Crippen LogP contribution is 2.10. The van der Waals surface area contributed by atoms with E-state index in [4.69, 9.17) is 5.11 Å². The SMILES string of the molecule is C=CC(C)CCCCCCO. The molecule has 1 N–H and O–H groups in total. The summed E-state index contributed by atoms with van der Waals surface area (Å²) >= 11 is 0. The Morgan fingerprint density at radius 2 is 1.91 bits per heavy atom. The molecule has 0 radical (unpaired) electrons. The lowest BCUT2D eigenvalue weighted by molar-refractivity contribution is 0.282. The third-order valence-electron chi connectivity index (χ3n) is 1.97. The first kappa shape index (κ1) is 10.7. The zero-order valence-electron chi connectivity index (χ0n) is 7.55. The number of rotatable bonds is 7. The van der Waals surface area contributed by atoms with Crippen molar-refractivity contribution in [3.8, 4) is 0 Å². The normalized spacial score (nSPS) is 12.9. The fraction of sp³-hybridized carbons (Fsp3) is 0.800. The molecule has 0 spiro atoms. The first-order chi connectivity index (χ1) is 5.31. The number of hydrogen-bond acceptors (Lipinski definition) is 1. The molecule has 0 amide bonds. The second kappa shape index (κ2) is 7.80. The molecule has 0 heterocycles. The van der Waals surface area contributed by atoms with Gasteiger partial charge in [-0.25, -0.2) is 0 Å². The molecule has 1 heteroatoms. The van der Waals surface area contributed by atoms with Crippen LogP contribution in [0.15, 0.2) is 12.7 Å². The first-order valence-electron chi connectivity index (χ1n) is 4.54. The molecule has 0 aromatic carbocycles. The molecule has 0 saturated heterocycles. The van der Waals surface area contributed by atoms with Gasteiger partial charge in [-0.05, 0) is 18.8 Å². The van der Waals surface area contributed by atoms with E-state index in [0.29, 0.717) is 12.5 Å². The third kappa shape index (κ3) is 7.60. The number of unbranched alkanes of at least 4 members (excludes halogenated alkanes) is 3. The Balaban J connectivity index is 2.95. The predicted molar refractivity (Wildman–Crippen MR) is 49.5 cm³/mol. The van der Waals surface area contributed by atoms with Crippen LogP contribution in [0.5, 0.6) is 0 Å². The molecule has 0 aromatic rings. The van der Waals surface area contributed by atoms with E-state index in [1.165, 1.54) is 25.7 Å². The Morgan fingerprint density at radius 3 is 2.45 bits per heavy atom. The van der Waals surface area contributed by atoms with Crippen LogP contribution in [0.2, 0.25) is 0 Å². The highest BCUT2D eigenvalue weighted by Gasteiger charge is 1.94. The molecule has 11 heavy (non-hydrogen) atoms. The van der Waals surface area contributed by atoms with Crippen molar-refractivity contribution in [2.24, 2.45) is 5.92 Å². The Hall–Kier alpha value is -0.300. The Labute approximate surface area is 70.1 Å². The summed E-state index contributed by atoms with van der Waals surface area (Å²) in [6, 6.07) is 0. The van der Waals surface area contributed by atoms with Gasteiger partial charge in [0.15, 0.2) is 0 Å². The number of aliphatic hydroxyl groups is 1.